The minimum Gasteiger partial charge on any atom is -0.324 e. The van der Waals surface area contributed by atoms with Crippen molar-refractivity contribution in [3.8, 4) is 0 Å². The van der Waals surface area contributed by atoms with E-state index in [-0.39, 0.29) is 11.9 Å². The molecule has 0 aromatic heterocycles. The molecule has 15 heavy (non-hydrogen) atoms. The van der Waals surface area contributed by atoms with Gasteiger partial charge in [0.25, 0.3) is 0 Å². The summed E-state index contributed by atoms with van der Waals surface area (Å²) in [5, 5.41) is 0.498. The number of benzene rings is 1. The molecule has 1 nitrogen and oxygen atoms in total. The molecule has 0 aliphatic rings. The first-order chi connectivity index (χ1) is 7.06. The van der Waals surface area contributed by atoms with Crippen molar-refractivity contribution < 1.29 is 4.39 Å². The quantitative estimate of drug-likeness (QED) is 0.817. The molecular formula is C11H14BrClFN. The zero-order chi connectivity index (χ0) is 11.4. The summed E-state index contributed by atoms with van der Waals surface area (Å²) in [6.07, 6.45) is 2.83. The Kier molecular flexibility index (Phi) is 5.03. The van der Waals surface area contributed by atoms with Crippen molar-refractivity contribution in [2.75, 3.05) is 0 Å². The van der Waals surface area contributed by atoms with Crippen LogP contribution in [0.1, 0.15) is 37.8 Å². The number of halogens is 3. The molecule has 0 heterocycles. The third-order valence-corrected chi connectivity index (χ3v) is 3.50. The summed E-state index contributed by atoms with van der Waals surface area (Å²) >= 11 is 9.06. The molecule has 0 saturated heterocycles. The summed E-state index contributed by atoms with van der Waals surface area (Å²) in [6.45, 7) is 2.08. The average molecular weight is 295 g/mol. The first kappa shape index (κ1) is 12.9. The molecule has 1 aromatic carbocycles. The highest BCUT2D eigenvalue weighted by Gasteiger charge is 2.13. The van der Waals surface area contributed by atoms with E-state index in [1.54, 1.807) is 6.07 Å². The Morgan fingerprint density at radius 3 is 2.80 bits per heavy atom. The summed E-state index contributed by atoms with van der Waals surface area (Å²) in [7, 11) is 0. The van der Waals surface area contributed by atoms with E-state index in [1.165, 1.54) is 6.07 Å². The molecule has 0 aliphatic heterocycles. The number of unbranched alkanes of at least 4 members (excludes halogenated alkanes) is 1. The molecule has 1 unspecified atom stereocenters. The molecule has 0 bridgehead atoms. The van der Waals surface area contributed by atoms with Gasteiger partial charge in [0.15, 0.2) is 0 Å². The Morgan fingerprint density at radius 1 is 1.53 bits per heavy atom. The van der Waals surface area contributed by atoms with Crippen LogP contribution in [0, 0.1) is 5.82 Å². The van der Waals surface area contributed by atoms with Gasteiger partial charge in [-0.25, -0.2) is 4.39 Å². The van der Waals surface area contributed by atoms with Crippen LogP contribution >= 0.6 is 27.5 Å². The normalized spacial score (nSPS) is 12.9. The van der Waals surface area contributed by atoms with Crippen molar-refractivity contribution in [2.24, 2.45) is 5.73 Å². The predicted octanol–water partition coefficient (Wildman–Crippen LogP) is 4.43. The van der Waals surface area contributed by atoms with Gasteiger partial charge in [-0.05, 0) is 34.5 Å². The predicted molar refractivity (Wildman–Crippen MR) is 65.6 cm³/mol. The topological polar surface area (TPSA) is 26.0 Å². The van der Waals surface area contributed by atoms with Gasteiger partial charge in [0.1, 0.15) is 5.82 Å². The summed E-state index contributed by atoms with van der Waals surface area (Å²) < 4.78 is 14.1. The van der Waals surface area contributed by atoms with Crippen LogP contribution in [0.15, 0.2) is 16.6 Å². The van der Waals surface area contributed by atoms with E-state index in [4.69, 9.17) is 17.3 Å². The second kappa shape index (κ2) is 5.83. The number of hydrogen-bond donors (Lipinski definition) is 1. The van der Waals surface area contributed by atoms with Crippen LogP contribution in [-0.4, -0.2) is 0 Å². The molecule has 4 heteroatoms. The average Bonchev–Trinajstić information content (AvgIpc) is 2.20. The third kappa shape index (κ3) is 3.44. The lowest BCUT2D eigenvalue weighted by molar-refractivity contribution is 0.547. The molecule has 1 aromatic rings. The molecule has 0 aliphatic carbocycles. The van der Waals surface area contributed by atoms with Gasteiger partial charge in [-0.15, -0.1) is 0 Å². The van der Waals surface area contributed by atoms with Crippen molar-refractivity contribution >= 4 is 27.5 Å². The Hall–Kier alpha value is -0.120. The molecule has 1 atom stereocenters. The lowest BCUT2D eigenvalue weighted by Crippen LogP contribution is -2.12. The SMILES string of the molecule is CCCCC(N)c1cc(Cl)c(Br)cc1F. The second-order valence-electron chi connectivity index (χ2n) is 3.54. The van der Waals surface area contributed by atoms with E-state index >= 15 is 0 Å². The maximum absolute atomic E-state index is 13.5. The maximum atomic E-state index is 13.5. The molecule has 0 amide bonds. The Balaban J connectivity index is 2.88. The monoisotopic (exact) mass is 293 g/mol. The third-order valence-electron chi connectivity index (χ3n) is 2.31. The van der Waals surface area contributed by atoms with E-state index in [0.717, 1.165) is 19.3 Å². The molecule has 1 rings (SSSR count). The van der Waals surface area contributed by atoms with E-state index in [0.29, 0.717) is 15.1 Å². The fourth-order valence-corrected chi connectivity index (χ4v) is 1.89. The van der Waals surface area contributed by atoms with Crippen molar-refractivity contribution in [3.63, 3.8) is 0 Å². The van der Waals surface area contributed by atoms with Gasteiger partial charge in [0.05, 0.1) is 5.02 Å². The lowest BCUT2D eigenvalue weighted by Gasteiger charge is -2.13. The molecule has 0 fully saturated rings. The second-order valence-corrected chi connectivity index (χ2v) is 4.80. The standard InChI is InChI=1S/C11H14BrClFN/c1-2-3-4-11(15)7-5-9(13)8(12)6-10(7)14/h5-6,11H,2-4,15H2,1H3. The van der Waals surface area contributed by atoms with Gasteiger partial charge in [0, 0.05) is 16.1 Å². The summed E-state index contributed by atoms with van der Waals surface area (Å²) in [4.78, 5) is 0. The highest BCUT2D eigenvalue weighted by molar-refractivity contribution is 9.10. The van der Waals surface area contributed by atoms with Crippen molar-refractivity contribution in [3.05, 3.63) is 33.0 Å². The van der Waals surface area contributed by atoms with Crippen molar-refractivity contribution in [1.82, 2.24) is 0 Å². The van der Waals surface area contributed by atoms with Crippen LogP contribution in [0.5, 0.6) is 0 Å². The van der Waals surface area contributed by atoms with Crippen molar-refractivity contribution in [2.45, 2.75) is 32.2 Å². The van der Waals surface area contributed by atoms with Crippen LogP contribution in [0.2, 0.25) is 5.02 Å². The van der Waals surface area contributed by atoms with E-state index in [1.807, 2.05) is 0 Å². The number of hydrogen-bond acceptors (Lipinski definition) is 1. The smallest absolute Gasteiger partial charge is 0.129 e. The molecule has 0 spiro atoms. The fraction of sp³-hybridized carbons (Fsp3) is 0.455. The molecule has 2 N–H and O–H groups in total. The van der Waals surface area contributed by atoms with Crippen LogP contribution in [0.3, 0.4) is 0 Å². The van der Waals surface area contributed by atoms with E-state index in [9.17, 15) is 4.39 Å². The molecule has 0 radical (unpaired) electrons. The first-order valence-electron chi connectivity index (χ1n) is 4.96. The molecular weight excluding hydrogens is 280 g/mol. The van der Waals surface area contributed by atoms with Gasteiger partial charge in [0.2, 0.25) is 0 Å². The number of rotatable bonds is 4. The maximum Gasteiger partial charge on any atom is 0.129 e. The highest BCUT2D eigenvalue weighted by atomic mass is 79.9. The van der Waals surface area contributed by atoms with Crippen LogP contribution in [-0.2, 0) is 0 Å². The minimum atomic E-state index is -0.296. The summed E-state index contributed by atoms with van der Waals surface area (Å²) in [6, 6.07) is 2.70. The molecule has 84 valence electrons. The van der Waals surface area contributed by atoms with Crippen LogP contribution in [0.25, 0.3) is 0 Å². The van der Waals surface area contributed by atoms with E-state index in [2.05, 4.69) is 22.9 Å². The number of nitrogens with two attached hydrogens (primary N) is 1. The highest BCUT2D eigenvalue weighted by Crippen LogP contribution is 2.29. The van der Waals surface area contributed by atoms with E-state index < -0.39 is 0 Å². The summed E-state index contributed by atoms with van der Waals surface area (Å²) in [5.41, 5.74) is 6.38. The van der Waals surface area contributed by atoms with Gasteiger partial charge in [-0.3, -0.25) is 0 Å². The minimum absolute atomic E-state index is 0.268. The zero-order valence-electron chi connectivity index (χ0n) is 8.56. The van der Waals surface area contributed by atoms with Crippen LogP contribution < -0.4 is 5.73 Å². The Labute approximate surface area is 103 Å². The van der Waals surface area contributed by atoms with Gasteiger partial charge in [-0.2, -0.15) is 0 Å². The lowest BCUT2D eigenvalue weighted by atomic mass is 10.0. The Bertz CT molecular complexity index is 344. The van der Waals surface area contributed by atoms with Gasteiger partial charge < -0.3 is 5.73 Å². The summed E-state index contributed by atoms with van der Waals surface area (Å²) in [5.74, 6) is -0.296. The zero-order valence-corrected chi connectivity index (χ0v) is 10.9. The first-order valence-corrected chi connectivity index (χ1v) is 6.13. The Morgan fingerprint density at radius 2 is 2.20 bits per heavy atom. The fourth-order valence-electron chi connectivity index (χ4n) is 1.40. The van der Waals surface area contributed by atoms with Gasteiger partial charge in [-0.1, -0.05) is 31.4 Å². The molecule has 0 saturated carbocycles. The van der Waals surface area contributed by atoms with Crippen LogP contribution in [0.4, 0.5) is 4.39 Å². The largest absolute Gasteiger partial charge is 0.324 e. The van der Waals surface area contributed by atoms with Gasteiger partial charge >= 0.3 is 0 Å². The van der Waals surface area contributed by atoms with Crippen molar-refractivity contribution in [1.29, 1.82) is 0 Å².